The van der Waals surface area contributed by atoms with Crippen LogP contribution in [0.3, 0.4) is 0 Å². The van der Waals surface area contributed by atoms with Crippen molar-refractivity contribution in [3.05, 3.63) is 64.8 Å². The molecule has 0 bridgehead atoms. The number of anilines is 2. The Morgan fingerprint density at radius 2 is 1.98 bits per heavy atom. The number of carbonyl (C=O) groups excluding carboxylic acids is 1. The number of fused-ring (bicyclic) bond motifs is 2. The second kappa shape index (κ2) is 13.2. The van der Waals surface area contributed by atoms with Gasteiger partial charge in [0.15, 0.2) is 0 Å². The molecule has 2 aliphatic heterocycles. The molecule has 1 saturated carbocycles. The van der Waals surface area contributed by atoms with Crippen molar-refractivity contribution < 1.29 is 13.9 Å². The number of hydrogen-bond donors (Lipinski definition) is 0. The summed E-state index contributed by atoms with van der Waals surface area (Å²) in [7, 11) is 4.16. The molecule has 236 valence electrons. The lowest BCUT2D eigenvalue weighted by Gasteiger charge is -2.42. The molecule has 2 fully saturated rings. The van der Waals surface area contributed by atoms with Gasteiger partial charge in [0.2, 0.25) is 5.91 Å². The first-order valence-electron chi connectivity index (χ1n) is 15.6. The molecule has 1 amide bonds. The van der Waals surface area contributed by atoms with Gasteiger partial charge in [0, 0.05) is 60.9 Å². The van der Waals surface area contributed by atoms with Crippen molar-refractivity contribution in [2.45, 2.75) is 38.3 Å². The number of benzene rings is 2. The molecule has 9 nitrogen and oxygen atoms in total. The molecule has 2 aromatic carbocycles. The first-order chi connectivity index (χ1) is 21.8. The van der Waals surface area contributed by atoms with Gasteiger partial charge in [0.05, 0.1) is 42.4 Å². The van der Waals surface area contributed by atoms with Crippen LogP contribution >= 0.6 is 11.6 Å². The van der Waals surface area contributed by atoms with Crippen LogP contribution in [0.5, 0.6) is 6.01 Å². The Hall–Kier alpha value is -3.94. The molecule has 45 heavy (non-hydrogen) atoms. The smallest absolute Gasteiger partial charge is 0.318 e. The van der Waals surface area contributed by atoms with E-state index in [1.165, 1.54) is 12.2 Å². The fraction of sp³-hybridized carbons (Fsp3) is 0.471. The molecule has 1 atom stereocenters. The summed E-state index contributed by atoms with van der Waals surface area (Å²) in [6.45, 7) is 3.50. The second-order valence-corrected chi connectivity index (χ2v) is 13.0. The highest BCUT2D eigenvalue weighted by molar-refractivity contribution is 6.36. The Kier molecular flexibility index (Phi) is 9.11. The largest absolute Gasteiger partial charge is 0.463 e. The van der Waals surface area contributed by atoms with Crippen molar-refractivity contribution in [1.82, 2.24) is 19.8 Å². The van der Waals surface area contributed by atoms with Crippen molar-refractivity contribution in [1.29, 1.82) is 5.26 Å². The third-order valence-electron chi connectivity index (χ3n) is 9.05. The number of nitriles is 1. The SMILES string of the molecule is CN(C)CC1(COc2nc3c(c(N4CCN(C(=O)/C=C/CF)[C@@H](CC#N)C4)n2)CCN(c2cccc4cccc(Cl)c24)C3)CC1. The van der Waals surface area contributed by atoms with Gasteiger partial charge in [0.1, 0.15) is 12.5 Å². The summed E-state index contributed by atoms with van der Waals surface area (Å²) < 4.78 is 19.1. The fourth-order valence-corrected chi connectivity index (χ4v) is 7.01. The molecule has 6 rings (SSSR count). The average molecular weight is 632 g/mol. The van der Waals surface area contributed by atoms with Gasteiger partial charge >= 0.3 is 6.01 Å². The van der Waals surface area contributed by atoms with Gasteiger partial charge < -0.3 is 24.3 Å². The number of allylic oxidation sites excluding steroid dienone is 1. The van der Waals surface area contributed by atoms with Crippen LogP contribution in [-0.2, 0) is 17.8 Å². The van der Waals surface area contributed by atoms with E-state index >= 15 is 0 Å². The fourth-order valence-electron chi connectivity index (χ4n) is 6.73. The van der Waals surface area contributed by atoms with Crippen molar-refractivity contribution in [3.8, 4) is 12.1 Å². The summed E-state index contributed by atoms with van der Waals surface area (Å²) in [4.78, 5) is 31.1. The van der Waals surface area contributed by atoms with E-state index in [0.717, 1.165) is 65.9 Å². The van der Waals surface area contributed by atoms with E-state index < -0.39 is 6.67 Å². The summed E-state index contributed by atoms with van der Waals surface area (Å²) in [5.41, 5.74) is 3.15. The maximum Gasteiger partial charge on any atom is 0.318 e. The molecular formula is C34H39ClFN7O2. The Bertz CT molecular complexity index is 1630. The maximum absolute atomic E-state index is 12.8. The zero-order valence-electron chi connectivity index (χ0n) is 25.9. The average Bonchev–Trinajstić information content (AvgIpc) is 3.80. The minimum absolute atomic E-state index is 0.117. The summed E-state index contributed by atoms with van der Waals surface area (Å²) in [6.07, 6.45) is 5.58. The highest BCUT2D eigenvalue weighted by Crippen LogP contribution is 2.46. The van der Waals surface area contributed by atoms with Crippen LogP contribution < -0.4 is 14.5 Å². The van der Waals surface area contributed by atoms with Gasteiger partial charge in [-0.15, -0.1) is 0 Å². The molecule has 0 N–H and O–H groups in total. The van der Waals surface area contributed by atoms with Gasteiger partial charge in [-0.25, -0.2) is 4.39 Å². The van der Waals surface area contributed by atoms with Crippen molar-refractivity contribution in [2.75, 3.05) is 69.9 Å². The molecular weight excluding hydrogens is 593 g/mol. The molecule has 0 spiro atoms. The minimum Gasteiger partial charge on any atom is -0.463 e. The molecule has 1 saturated heterocycles. The monoisotopic (exact) mass is 631 g/mol. The van der Waals surface area contributed by atoms with Crippen molar-refractivity contribution in [3.63, 3.8) is 0 Å². The molecule has 0 unspecified atom stereocenters. The van der Waals surface area contributed by atoms with E-state index in [1.807, 2.05) is 12.1 Å². The molecule has 1 aliphatic carbocycles. The Morgan fingerprint density at radius 3 is 2.71 bits per heavy atom. The van der Waals surface area contributed by atoms with Crippen molar-refractivity contribution in [2.24, 2.45) is 5.41 Å². The Morgan fingerprint density at radius 1 is 1.18 bits per heavy atom. The summed E-state index contributed by atoms with van der Waals surface area (Å²) >= 11 is 6.70. The quantitative estimate of drug-likeness (QED) is 0.288. The summed E-state index contributed by atoms with van der Waals surface area (Å²) in [5, 5.41) is 12.4. The molecule has 0 radical (unpaired) electrons. The van der Waals surface area contributed by atoms with E-state index in [4.69, 9.17) is 26.3 Å². The molecule has 1 aromatic heterocycles. The van der Waals surface area contributed by atoms with Crippen LogP contribution in [0.2, 0.25) is 5.02 Å². The first kappa shape index (κ1) is 31.1. The van der Waals surface area contributed by atoms with Crippen LogP contribution in [0.25, 0.3) is 10.8 Å². The second-order valence-electron chi connectivity index (χ2n) is 12.6. The lowest BCUT2D eigenvalue weighted by Crippen LogP contribution is -2.55. The topological polar surface area (TPSA) is 88.8 Å². The van der Waals surface area contributed by atoms with E-state index in [-0.39, 0.29) is 23.8 Å². The third kappa shape index (κ3) is 6.70. The number of piperazine rings is 1. The van der Waals surface area contributed by atoms with Crippen LogP contribution in [0.15, 0.2) is 48.6 Å². The molecule has 11 heteroatoms. The summed E-state index contributed by atoms with van der Waals surface area (Å²) in [6, 6.07) is 14.4. The molecule has 3 aromatic rings. The number of rotatable bonds is 10. The van der Waals surface area contributed by atoms with E-state index in [0.29, 0.717) is 43.8 Å². The Balaban J connectivity index is 1.32. The molecule has 3 aliphatic rings. The van der Waals surface area contributed by atoms with E-state index in [2.05, 4.69) is 59.1 Å². The van der Waals surface area contributed by atoms with Gasteiger partial charge in [0.25, 0.3) is 0 Å². The van der Waals surface area contributed by atoms with Gasteiger partial charge in [-0.1, -0.05) is 35.9 Å². The number of hydrogen-bond acceptors (Lipinski definition) is 8. The third-order valence-corrected chi connectivity index (χ3v) is 9.37. The number of nitrogens with zero attached hydrogens (tertiary/aromatic N) is 7. The summed E-state index contributed by atoms with van der Waals surface area (Å²) in [5.74, 6) is 0.527. The molecule has 3 heterocycles. The van der Waals surface area contributed by atoms with Crippen LogP contribution in [-0.4, -0.2) is 91.8 Å². The highest BCUT2D eigenvalue weighted by atomic mass is 35.5. The Labute approximate surface area is 268 Å². The standard InChI is InChI=1S/C34H39ClFN7O2/c1-40(2)22-34(13-14-34)23-45-33-38-28-21-41(29-9-4-7-24-6-3-8-27(35)31(24)29)17-12-26(28)32(39-33)42-18-19-43(25(20-42)11-16-37)30(44)10-5-15-36/h3-10,25H,11-15,17-23H2,1-2H3/b10-5+/t25-/m0/s1. The number of alkyl halides is 1. The van der Waals surface area contributed by atoms with Crippen molar-refractivity contribution >= 4 is 39.8 Å². The zero-order chi connectivity index (χ0) is 31.6. The highest BCUT2D eigenvalue weighted by Gasteiger charge is 2.44. The lowest BCUT2D eigenvalue weighted by atomic mass is 10.0. The first-order valence-corrected chi connectivity index (χ1v) is 15.9. The number of carbonyl (C=O) groups is 1. The number of aromatic nitrogens is 2. The van der Waals surface area contributed by atoms with Crippen LogP contribution in [0, 0.1) is 16.7 Å². The predicted octanol–water partition coefficient (Wildman–Crippen LogP) is 5.02. The zero-order valence-corrected chi connectivity index (χ0v) is 26.6. The predicted molar refractivity (Wildman–Crippen MR) is 175 cm³/mol. The van der Waals surface area contributed by atoms with Crippen LogP contribution in [0.1, 0.15) is 30.5 Å². The number of ether oxygens (including phenoxy) is 1. The normalized spacial score (nSPS) is 19.2. The maximum atomic E-state index is 12.8. The lowest BCUT2D eigenvalue weighted by molar-refractivity contribution is -0.128. The van der Waals surface area contributed by atoms with Gasteiger partial charge in [-0.05, 0) is 57.0 Å². The van der Waals surface area contributed by atoms with E-state index in [1.54, 1.807) is 4.90 Å². The number of halogens is 2. The van der Waals surface area contributed by atoms with Crippen LogP contribution in [0.4, 0.5) is 15.9 Å². The number of amides is 1. The minimum atomic E-state index is -0.706. The van der Waals surface area contributed by atoms with Gasteiger partial charge in [-0.2, -0.15) is 15.2 Å². The van der Waals surface area contributed by atoms with Gasteiger partial charge in [-0.3, -0.25) is 4.79 Å². The van der Waals surface area contributed by atoms with E-state index in [9.17, 15) is 14.4 Å².